The quantitative estimate of drug-likeness (QED) is 0.434. The third-order valence-electron chi connectivity index (χ3n) is 2.45. The number of rotatable bonds is 9. The molecule has 0 unspecified atom stereocenters. The van der Waals surface area contributed by atoms with Gasteiger partial charge in [-0.2, -0.15) is 0 Å². The van der Waals surface area contributed by atoms with E-state index in [2.05, 4.69) is 17.0 Å². The Morgan fingerprint density at radius 1 is 1.16 bits per heavy atom. The number of carbonyl (C=O) groups excluding carboxylic acids is 1. The SMILES string of the molecule is C[Se+](C)CC[C@H](NC(=O)CC[C@H](N)C(=O)O)C(=O)O. The van der Waals surface area contributed by atoms with E-state index >= 15 is 0 Å². The van der Waals surface area contributed by atoms with Gasteiger partial charge in [0.2, 0.25) is 0 Å². The van der Waals surface area contributed by atoms with Crippen molar-refractivity contribution in [1.82, 2.24) is 5.32 Å². The molecular weight excluding hydrogens is 319 g/mol. The second-order valence-electron chi connectivity index (χ2n) is 4.42. The molecular formula is C11H21N2O5Se+. The number of nitrogens with two attached hydrogens (primary N) is 1. The van der Waals surface area contributed by atoms with E-state index in [-0.39, 0.29) is 12.8 Å². The number of hydrogen-bond acceptors (Lipinski definition) is 4. The number of nitrogens with one attached hydrogen (secondary N) is 1. The third-order valence-corrected chi connectivity index (χ3v) is 4.66. The van der Waals surface area contributed by atoms with Crippen LogP contribution in [-0.2, 0) is 14.4 Å². The summed E-state index contributed by atoms with van der Waals surface area (Å²) in [7, 11) is 0. The zero-order valence-electron chi connectivity index (χ0n) is 11.1. The van der Waals surface area contributed by atoms with Gasteiger partial charge in [0.15, 0.2) is 0 Å². The summed E-state index contributed by atoms with van der Waals surface area (Å²) in [5.41, 5.74) is 5.26. The van der Waals surface area contributed by atoms with E-state index in [4.69, 9.17) is 15.9 Å². The first-order valence-electron chi connectivity index (χ1n) is 5.78. The fraction of sp³-hybridized carbons (Fsp3) is 0.727. The molecule has 0 saturated heterocycles. The van der Waals surface area contributed by atoms with Crippen molar-refractivity contribution in [2.24, 2.45) is 5.73 Å². The monoisotopic (exact) mass is 341 g/mol. The predicted octanol–water partition coefficient (Wildman–Crippen LogP) is -0.108. The molecule has 0 aromatic rings. The second-order valence-corrected chi connectivity index (χ2v) is 9.41. The molecule has 0 aromatic carbocycles. The van der Waals surface area contributed by atoms with Gasteiger partial charge in [-0.1, -0.05) is 0 Å². The van der Waals surface area contributed by atoms with Crippen LogP contribution in [0.1, 0.15) is 19.3 Å². The summed E-state index contributed by atoms with van der Waals surface area (Å²) in [6.45, 7) is 0. The van der Waals surface area contributed by atoms with Crippen LogP contribution in [0.5, 0.6) is 0 Å². The third kappa shape index (κ3) is 8.58. The molecule has 2 atom stereocenters. The number of carboxylic acids is 2. The number of carbonyl (C=O) groups is 3. The van der Waals surface area contributed by atoms with Crippen LogP contribution in [0.15, 0.2) is 0 Å². The molecule has 0 aliphatic rings. The van der Waals surface area contributed by atoms with E-state index in [1.807, 2.05) is 0 Å². The minimum absolute atomic E-state index is 0.00837. The van der Waals surface area contributed by atoms with Crippen LogP contribution in [0, 0.1) is 0 Å². The maximum absolute atomic E-state index is 11.5. The summed E-state index contributed by atoms with van der Waals surface area (Å²) in [6, 6.07) is -2.00. The van der Waals surface area contributed by atoms with Crippen molar-refractivity contribution < 1.29 is 24.6 Å². The van der Waals surface area contributed by atoms with E-state index in [0.717, 1.165) is 5.32 Å². The van der Waals surface area contributed by atoms with Gasteiger partial charge in [0, 0.05) is 0 Å². The molecule has 0 radical (unpaired) electrons. The maximum atomic E-state index is 11.5. The fourth-order valence-electron chi connectivity index (χ4n) is 1.29. The van der Waals surface area contributed by atoms with Gasteiger partial charge in [0.25, 0.3) is 0 Å². The van der Waals surface area contributed by atoms with Crippen molar-refractivity contribution in [1.29, 1.82) is 0 Å². The van der Waals surface area contributed by atoms with Gasteiger partial charge in [-0.15, -0.1) is 0 Å². The van der Waals surface area contributed by atoms with Gasteiger partial charge in [-0.25, -0.2) is 0 Å². The van der Waals surface area contributed by atoms with Gasteiger partial charge in [-0.3, -0.25) is 0 Å². The zero-order valence-corrected chi connectivity index (χ0v) is 12.8. The average molecular weight is 340 g/mol. The van der Waals surface area contributed by atoms with E-state index < -0.39 is 43.8 Å². The Morgan fingerprint density at radius 3 is 2.16 bits per heavy atom. The van der Waals surface area contributed by atoms with Crippen molar-refractivity contribution in [2.75, 3.05) is 0 Å². The molecule has 0 aromatic heterocycles. The van der Waals surface area contributed by atoms with E-state index in [0.29, 0.717) is 6.42 Å². The summed E-state index contributed by atoms with van der Waals surface area (Å²) in [5, 5.41) is 20.8. The summed E-state index contributed by atoms with van der Waals surface area (Å²) >= 11 is -0.750. The van der Waals surface area contributed by atoms with Crippen LogP contribution in [0.25, 0.3) is 0 Å². The summed E-state index contributed by atoms with van der Waals surface area (Å²) in [5.74, 6) is 1.46. The molecule has 0 aliphatic heterocycles. The standard InChI is InChI=1S/C11H20N2O5Se/c1-19(2)6-5-8(11(17)18)13-9(14)4-3-7(12)10(15)16/h7-8H,3-6,12H2,1-2H3,(H2-,13,14,15,16,17,18)/p+1/t7-,8-/m0/s1. The Labute approximate surface area is 116 Å². The molecule has 19 heavy (non-hydrogen) atoms. The summed E-state index contributed by atoms with van der Waals surface area (Å²) in [4.78, 5) is 33.0. The van der Waals surface area contributed by atoms with Crippen molar-refractivity contribution in [2.45, 2.75) is 48.3 Å². The van der Waals surface area contributed by atoms with Crippen molar-refractivity contribution in [3.8, 4) is 0 Å². The molecule has 7 nitrogen and oxygen atoms in total. The van der Waals surface area contributed by atoms with Gasteiger partial charge >= 0.3 is 116 Å². The van der Waals surface area contributed by atoms with Gasteiger partial charge in [0.05, 0.1) is 0 Å². The zero-order chi connectivity index (χ0) is 15.0. The number of carboxylic acid groups (broad SMARTS) is 2. The normalized spacial score (nSPS) is 13.9. The first kappa shape index (κ1) is 17.9. The molecule has 0 spiro atoms. The van der Waals surface area contributed by atoms with Crippen LogP contribution >= 0.6 is 0 Å². The van der Waals surface area contributed by atoms with Crippen LogP contribution in [0.2, 0.25) is 17.0 Å². The number of amides is 1. The minimum atomic E-state index is -1.17. The fourth-order valence-corrected chi connectivity index (χ4v) is 2.77. The second kappa shape index (κ2) is 8.90. The average Bonchev–Trinajstić information content (AvgIpc) is 2.30. The Morgan fingerprint density at radius 2 is 1.74 bits per heavy atom. The molecule has 0 saturated carbocycles. The Bertz CT molecular complexity index is 335. The van der Waals surface area contributed by atoms with Crippen LogP contribution in [0.4, 0.5) is 0 Å². The first-order chi connectivity index (χ1) is 8.73. The Balaban J connectivity index is 4.17. The van der Waals surface area contributed by atoms with E-state index in [1.165, 1.54) is 0 Å². The molecule has 110 valence electrons. The summed E-state index contributed by atoms with van der Waals surface area (Å²) in [6.07, 6.45) is 0.310. The first-order valence-corrected chi connectivity index (χ1v) is 10.4. The number of hydrogen-bond donors (Lipinski definition) is 4. The molecule has 5 N–H and O–H groups in total. The van der Waals surface area contributed by atoms with Crippen molar-refractivity contribution >= 4 is 31.7 Å². The molecule has 1 amide bonds. The van der Waals surface area contributed by atoms with E-state index in [1.54, 1.807) is 0 Å². The molecule has 0 bridgehead atoms. The van der Waals surface area contributed by atoms with Crippen molar-refractivity contribution in [3.05, 3.63) is 0 Å². The number of aliphatic carboxylic acids is 2. The predicted molar refractivity (Wildman–Crippen MR) is 71.3 cm³/mol. The van der Waals surface area contributed by atoms with Crippen molar-refractivity contribution in [3.63, 3.8) is 0 Å². The van der Waals surface area contributed by atoms with Crippen LogP contribution in [-0.4, -0.2) is 54.0 Å². The molecule has 0 heterocycles. The molecule has 0 aliphatic carbocycles. The van der Waals surface area contributed by atoms with Gasteiger partial charge in [-0.05, 0) is 0 Å². The molecule has 0 rings (SSSR count). The van der Waals surface area contributed by atoms with E-state index in [9.17, 15) is 14.4 Å². The van der Waals surface area contributed by atoms with Crippen LogP contribution in [0.3, 0.4) is 0 Å². The van der Waals surface area contributed by atoms with Gasteiger partial charge in [0.1, 0.15) is 0 Å². The van der Waals surface area contributed by atoms with Crippen LogP contribution < -0.4 is 11.1 Å². The topological polar surface area (TPSA) is 130 Å². The Hall–Kier alpha value is -1.11. The molecule has 8 heteroatoms. The van der Waals surface area contributed by atoms with Gasteiger partial charge < -0.3 is 0 Å². The Kier molecular flexibility index (Phi) is 8.38. The summed E-state index contributed by atoms with van der Waals surface area (Å²) < 4.78 is 0. The molecule has 0 fully saturated rings.